The van der Waals surface area contributed by atoms with E-state index in [0.29, 0.717) is 55.5 Å². The predicted molar refractivity (Wildman–Crippen MR) is 132 cm³/mol. The van der Waals surface area contributed by atoms with Crippen molar-refractivity contribution in [3.8, 4) is 11.8 Å². The number of nitrogens with one attached hydrogen (secondary N) is 1. The number of hydrogen-bond donors (Lipinski definition) is 2. The van der Waals surface area contributed by atoms with Crippen LogP contribution in [0.5, 0.6) is 5.75 Å². The summed E-state index contributed by atoms with van der Waals surface area (Å²) in [5, 5.41) is 20.4. The van der Waals surface area contributed by atoms with Gasteiger partial charge in [0.25, 0.3) is 0 Å². The third kappa shape index (κ3) is 4.67. The minimum Gasteiger partial charge on any atom is -0.489 e. The average Bonchev–Trinajstić information content (AvgIpc) is 3.31. The number of H-pyrrole nitrogens is 1. The van der Waals surface area contributed by atoms with Gasteiger partial charge in [0.2, 0.25) is 0 Å². The van der Waals surface area contributed by atoms with E-state index in [9.17, 15) is 15.2 Å². The lowest BCUT2D eigenvalue weighted by atomic mass is 10.0. The Kier molecular flexibility index (Phi) is 6.33. The molecule has 0 amide bonds. The molecule has 4 aromatic rings. The molecule has 0 spiro atoms. The number of aromatic nitrogens is 2. The van der Waals surface area contributed by atoms with E-state index < -0.39 is 12.0 Å². The number of carboxylic acids is 1. The molecule has 0 bridgehead atoms. The molecule has 2 aromatic carbocycles. The molecule has 8 nitrogen and oxygen atoms in total. The number of benzene rings is 2. The second-order valence-corrected chi connectivity index (χ2v) is 8.48. The van der Waals surface area contributed by atoms with Crippen molar-refractivity contribution >= 4 is 22.7 Å². The summed E-state index contributed by atoms with van der Waals surface area (Å²) < 4.78 is 5.98. The molecular formula is C27H25N5O3. The van der Waals surface area contributed by atoms with Gasteiger partial charge in [0.15, 0.2) is 0 Å². The maximum Gasteiger partial charge on any atom is 0.325 e. The quantitative estimate of drug-likeness (QED) is 0.424. The number of nitrogens with zero attached hydrogens (tertiary/aromatic N) is 4. The second-order valence-electron chi connectivity index (χ2n) is 8.48. The third-order valence-electron chi connectivity index (χ3n) is 6.35. The minimum atomic E-state index is -0.898. The Morgan fingerprint density at radius 1 is 1.11 bits per heavy atom. The van der Waals surface area contributed by atoms with Crippen molar-refractivity contribution < 1.29 is 14.6 Å². The molecule has 0 radical (unpaired) electrons. The van der Waals surface area contributed by atoms with Gasteiger partial charge in [-0.05, 0) is 35.9 Å². The molecule has 1 fully saturated rings. The number of hydrogen-bond acceptors (Lipinski definition) is 6. The summed E-state index contributed by atoms with van der Waals surface area (Å²) in [6, 6.07) is 20.5. The zero-order valence-electron chi connectivity index (χ0n) is 19.1. The fourth-order valence-electron chi connectivity index (χ4n) is 4.59. The van der Waals surface area contributed by atoms with Gasteiger partial charge in [-0.3, -0.25) is 9.69 Å². The maximum absolute atomic E-state index is 12.4. The number of rotatable bonds is 7. The van der Waals surface area contributed by atoms with E-state index in [1.54, 1.807) is 24.5 Å². The summed E-state index contributed by atoms with van der Waals surface area (Å²) in [7, 11) is 0. The van der Waals surface area contributed by atoms with Crippen molar-refractivity contribution in [3.05, 3.63) is 89.7 Å². The Morgan fingerprint density at radius 2 is 1.91 bits per heavy atom. The summed E-state index contributed by atoms with van der Waals surface area (Å²) in [6.07, 6.45) is 3.45. The van der Waals surface area contributed by atoms with E-state index in [-0.39, 0.29) is 0 Å². The smallest absolute Gasteiger partial charge is 0.325 e. The molecule has 176 valence electrons. The van der Waals surface area contributed by atoms with Crippen LogP contribution in [0, 0.1) is 11.3 Å². The lowest BCUT2D eigenvalue weighted by Crippen LogP contribution is -2.49. The van der Waals surface area contributed by atoms with Crippen LogP contribution in [-0.2, 0) is 11.4 Å². The zero-order valence-corrected chi connectivity index (χ0v) is 19.1. The van der Waals surface area contributed by atoms with Crippen LogP contribution in [0.3, 0.4) is 0 Å². The number of pyridine rings is 1. The maximum atomic E-state index is 12.4. The number of piperazine rings is 1. The van der Waals surface area contributed by atoms with E-state index in [4.69, 9.17) is 4.74 Å². The monoisotopic (exact) mass is 467 g/mol. The van der Waals surface area contributed by atoms with Gasteiger partial charge in [-0.1, -0.05) is 30.3 Å². The molecule has 1 atom stereocenters. The van der Waals surface area contributed by atoms with E-state index in [2.05, 4.69) is 16.0 Å². The van der Waals surface area contributed by atoms with Crippen molar-refractivity contribution in [1.29, 1.82) is 5.26 Å². The predicted octanol–water partition coefficient (Wildman–Crippen LogP) is 3.96. The van der Waals surface area contributed by atoms with Crippen molar-refractivity contribution in [2.75, 3.05) is 31.1 Å². The van der Waals surface area contributed by atoms with Gasteiger partial charge in [0.05, 0.1) is 5.56 Å². The lowest BCUT2D eigenvalue weighted by Gasteiger charge is -2.38. The average molecular weight is 468 g/mol. The first-order chi connectivity index (χ1) is 17.1. The third-order valence-corrected chi connectivity index (χ3v) is 6.35. The molecule has 1 saturated heterocycles. The molecule has 1 aliphatic heterocycles. The molecule has 8 heteroatoms. The molecule has 0 saturated carbocycles. The molecule has 2 aromatic heterocycles. The Balaban J connectivity index is 1.35. The van der Waals surface area contributed by atoms with Crippen LogP contribution >= 0.6 is 0 Å². The highest BCUT2D eigenvalue weighted by atomic mass is 16.5. The number of aromatic amines is 1. The number of fused-ring (bicyclic) bond motifs is 1. The topological polar surface area (TPSA) is 105 Å². The zero-order chi connectivity index (χ0) is 24.2. The number of carbonyl (C=O) groups is 1. The van der Waals surface area contributed by atoms with Crippen molar-refractivity contribution in [3.63, 3.8) is 0 Å². The molecule has 2 N–H and O–H groups in total. The molecular weight excluding hydrogens is 442 g/mol. The van der Waals surface area contributed by atoms with Crippen molar-refractivity contribution in [2.45, 2.75) is 12.6 Å². The summed E-state index contributed by atoms with van der Waals surface area (Å²) >= 11 is 0. The van der Waals surface area contributed by atoms with Crippen LogP contribution in [0.1, 0.15) is 22.7 Å². The summed E-state index contributed by atoms with van der Waals surface area (Å²) in [4.78, 5) is 24.0. The van der Waals surface area contributed by atoms with Gasteiger partial charge in [-0.15, -0.1) is 0 Å². The van der Waals surface area contributed by atoms with Gasteiger partial charge in [-0.25, -0.2) is 4.98 Å². The fraction of sp³-hybridized carbons (Fsp3) is 0.222. The first-order valence-corrected chi connectivity index (χ1v) is 11.5. The highest BCUT2D eigenvalue weighted by molar-refractivity contribution is 5.90. The Morgan fingerprint density at radius 3 is 2.66 bits per heavy atom. The van der Waals surface area contributed by atoms with Crippen LogP contribution in [0.15, 0.2) is 73.1 Å². The van der Waals surface area contributed by atoms with E-state index in [1.807, 2.05) is 58.3 Å². The molecule has 3 heterocycles. The molecule has 5 rings (SSSR count). The molecule has 0 aliphatic carbocycles. The summed E-state index contributed by atoms with van der Waals surface area (Å²) in [5.74, 6) is 0.440. The van der Waals surface area contributed by atoms with Crippen LogP contribution in [0.25, 0.3) is 10.9 Å². The number of nitriles is 1. The first kappa shape index (κ1) is 22.4. The minimum absolute atomic E-state index is 0.439. The van der Waals surface area contributed by atoms with E-state index in [0.717, 1.165) is 16.5 Å². The Labute approximate surface area is 203 Å². The summed E-state index contributed by atoms with van der Waals surface area (Å²) in [5.41, 5.74) is 3.16. The van der Waals surface area contributed by atoms with Gasteiger partial charge in [0, 0.05) is 55.0 Å². The fourth-order valence-corrected chi connectivity index (χ4v) is 4.59. The SMILES string of the molecule is N#Cc1cccnc1N1CCN(C(C(=O)O)c2c[nH]c3ccc(OCc4ccccc4)cc23)CC1. The van der Waals surface area contributed by atoms with Gasteiger partial charge in [0.1, 0.15) is 30.3 Å². The lowest BCUT2D eigenvalue weighted by molar-refractivity contribution is -0.143. The van der Waals surface area contributed by atoms with Crippen LogP contribution in [0.2, 0.25) is 0 Å². The molecule has 35 heavy (non-hydrogen) atoms. The number of anilines is 1. The largest absolute Gasteiger partial charge is 0.489 e. The van der Waals surface area contributed by atoms with E-state index in [1.165, 1.54) is 0 Å². The molecule has 1 aliphatic rings. The highest BCUT2D eigenvalue weighted by Gasteiger charge is 2.33. The van der Waals surface area contributed by atoms with Gasteiger partial charge < -0.3 is 19.7 Å². The van der Waals surface area contributed by atoms with Crippen molar-refractivity contribution in [2.24, 2.45) is 0 Å². The Bertz CT molecular complexity index is 1370. The van der Waals surface area contributed by atoms with Crippen LogP contribution in [-0.4, -0.2) is 52.1 Å². The van der Waals surface area contributed by atoms with Crippen LogP contribution < -0.4 is 9.64 Å². The van der Waals surface area contributed by atoms with Gasteiger partial charge >= 0.3 is 5.97 Å². The number of aliphatic carboxylic acids is 1. The number of ether oxygens (including phenoxy) is 1. The normalized spacial score (nSPS) is 15.0. The molecule has 1 unspecified atom stereocenters. The Hall–Kier alpha value is -4.35. The first-order valence-electron chi connectivity index (χ1n) is 11.5. The second kappa shape index (κ2) is 9.87. The van der Waals surface area contributed by atoms with E-state index >= 15 is 0 Å². The highest BCUT2D eigenvalue weighted by Crippen LogP contribution is 2.32. The standard InChI is InChI=1S/C27H25N5O3/c28-16-20-7-4-10-29-26(20)32-13-11-31(12-14-32)25(27(33)34)23-17-30-24-9-8-21(15-22(23)24)35-18-19-5-2-1-3-6-19/h1-10,15,17,25,30H,11-14,18H2,(H,33,34). The number of carboxylic acid groups (broad SMARTS) is 1. The van der Waals surface area contributed by atoms with Crippen molar-refractivity contribution in [1.82, 2.24) is 14.9 Å². The summed E-state index contributed by atoms with van der Waals surface area (Å²) in [6.45, 7) is 2.69. The van der Waals surface area contributed by atoms with Gasteiger partial charge in [-0.2, -0.15) is 5.26 Å². The van der Waals surface area contributed by atoms with Crippen LogP contribution in [0.4, 0.5) is 5.82 Å².